The summed E-state index contributed by atoms with van der Waals surface area (Å²) in [7, 11) is -2.90. The van der Waals surface area contributed by atoms with Gasteiger partial charge in [-0.15, -0.1) is 0 Å². The zero-order valence-electron chi connectivity index (χ0n) is 10.9. The Kier molecular flexibility index (Phi) is 5.41. The fourth-order valence-electron chi connectivity index (χ4n) is 2.60. The molecule has 106 valence electrons. The number of nitrogens with zero attached hydrogens (tertiary/aromatic N) is 1. The topological polar surface area (TPSA) is 58.6 Å². The number of hydrogen-bond donors (Lipinski definition) is 1. The molecule has 0 amide bonds. The van der Waals surface area contributed by atoms with Gasteiger partial charge in [0, 0.05) is 19.6 Å². The lowest BCUT2D eigenvalue weighted by Crippen LogP contribution is -2.40. The molecule has 18 heavy (non-hydrogen) atoms. The predicted octanol–water partition coefficient (Wildman–Crippen LogP) is -0.267. The molecule has 0 aromatic heterocycles. The van der Waals surface area contributed by atoms with Crippen molar-refractivity contribution in [2.24, 2.45) is 5.92 Å². The molecule has 0 saturated carbocycles. The van der Waals surface area contributed by atoms with Crippen molar-refractivity contribution in [3.63, 3.8) is 0 Å². The van der Waals surface area contributed by atoms with Crippen molar-refractivity contribution in [2.75, 3.05) is 57.4 Å². The van der Waals surface area contributed by atoms with E-state index in [1.807, 2.05) is 0 Å². The van der Waals surface area contributed by atoms with Gasteiger partial charge >= 0.3 is 0 Å². The van der Waals surface area contributed by atoms with Gasteiger partial charge < -0.3 is 10.1 Å². The van der Waals surface area contributed by atoms with Crippen LogP contribution in [0, 0.1) is 5.92 Å². The largest absolute Gasteiger partial charge is 0.379 e. The summed E-state index contributed by atoms with van der Waals surface area (Å²) in [5, 5.41) is 3.27. The van der Waals surface area contributed by atoms with Crippen molar-refractivity contribution < 1.29 is 13.2 Å². The van der Waals surface area contributed by atoms with E-state index in [2.05, 4.69) is 10.2 Å². The SMILES string of the molecule is O=S(=O)(CCN1CCOCC1)CC1CCCNC1. The molecule has 2 aliphatic heterocycles. The van der Waals surface area contributed by atoms with Crippen LogP contribution in [0.5, 0.6) is 0 Å². The van der Waals surface area contributed by atoms with Crippen molar-refractivity contribution in [2.45, 2.75) is 12.8 Å². The minimum absolute atomic E-state index is 0.295. The van der Waals surface area contributed by atoms with Crippen molar-refractivity contribution >= 4 is 9.84 Å². The molecule has 2 fully saturated rings. The minimum Gasteiger partial charge on any atom is -0.379 e. The van der Waals surface area contributed by atoms with Crippen LogP contribution in [0.1, 0.15) is 12.8 Å². The molecular weight excluding hydrogens is 252 g/mol. The van der Waals surface area contributed by atoms with Crippen molar-refractivity contribution in [1.82, 2.24) is 10.2 Å². The molecule has 0 radical (unpaired) electrons. The van der Waals surface area contributed by atoms with Crippen molar-refractivity contribution in [3.8, 4) is 0 Å². The maximum atomic E-state index is 12.1. The molecule has 0 aliphatic carbocycles. The van der Waals surface area contributed by atoms with E-state index in [1.165, 1.54) is 0 Å². The van der Waals surface area contributed by atoms with E-state index in [1.54, 1.807) is 0 Å². The zero-order chi connectivity index (χ0) is 12.8. The number of morpholine rings is 1. The molecule has 0 aromatic carbocycles. The van der Waals surface area contributed by atoms with Gasteiger partial charge in [-0.05, 0) is 31.8 Å². The number of rotatable bonds is 5. The summed E-state index contributed by atoms with van der Waals surface area (Å²) in [4.78, 5) is 2.18. The Bertz CT molecular complexity index is 333. The first kappa shape index (κ1) is 14.2. The third kappa shape index (κ3) is 4.84. The van der Waals surface area contributed by atoms with E-state index in [0.29, 0.717) is 24.0 Å². The molecular formula is C12H24N2O3S. The lowest BCUT2D eigenvalue weighted by molar-refractivity contribution is 0.0408. The lowest BCUT2D eigenvalue weighted by atomic mass is 10.0. The first-order chi connectivity index (χ1) is 8.66. The van der Waals surface area contributed by atoms with Gasteiger partial charge in [-0.1, -0.05) is 0 Å². The molecule has 1 atom stereocenters. The Labute approximate surface area is 110 Å². The van der Waals surface area contributed by atoms with E-state index in [4.69, 9.17) is 4.74 Å². The lowest BCUT2D eigenvalue weighted by Gasteiger charge is -2.27. The monoisotopic (exact) mass is 276 g/mol. The smallest absolute Gasteiger partial charge is 0.151 e. The summed E-state index contributed by atoms with van der Waals surface area (Å²) < 4.78 is 29.4. The van der Waals surface area contributed by atoms with Crippen LogP contribution in [-0.4, -0.2) is 70.8 Å². The average Bonchev–Trinajstić information content (AvgIpc) is 2.38. The maximum absolute atomic E-state index is 12.1. The van der Waals surface area contributed by atoms with Crippen LogP contribution in [0.15, 0.2) is 0 Å². The van der Waals surface area contributed by atoms with Crippen molar-refractivity contribution in [3.05, 3.63) is 0 Å². The first-order valence-electron chi connectivity index (χ1n) is 6.87. The van der Waals surface area contributed by atoms with Gasteiger partial charge in [0.2, 0.25) is 0 Å². The number of nitrogens with one attached hydrogen (secondary N) is 1. The second kappa shape index (κ2) is 6.84. The molecule has 6 heteroatoms. The first-order valence-corrected chi connectivity index (χ1v) is 8.69. The van der Waals surface area contributed by atoms with Gasteiger partial charge in [0.15, 0.2) is 9.84 Å². The van der Waals surface area contributed by atoms with E-state index in [0.717, 1.165) is 52.2 Å². The van der Waals surface area contributed by atoms with E-state index >= 15 is 0 Å². The fourth-order valence-corrected chi connectivity index (χ4v) is 4.31. The number of piperidine rings is 1. The van der Waals surface area contributed by atoms with Crippen molar-refractivity contribution in [1.29, 1.82) is 0 Å². The predicted molar refractivity (Wildman–Crippen MR) is 71.5 cm³/mol. The van der Waals surface area contributed by atoms with Gasteiger partial charge in [0.25, 0.3) is 0 Å². The third-order valence-electron chi connectivity index (χ3n) is 3.71. The summed E-state index contributed by atoms with van der Waals surface area (Å²) >= 11 is 0. The summed E-state index contributed by atoms with van der Waals surface area (Å²) in [6.45, 7) is 5.73. The number of hydrogen-bond acceptors (Lipinski definition) is 5. The summed E-state index contributed by atoms with van der Waals surface area (Å²) in [5.41, 5.74) is 0. The number of ether oxygens (including phenoxy) is 1. The maximum Gasteiger partial charge on any atom is 0.151 e. The van der Waals surface area contributed by atoms with Gasteiger partial charge in [0.1, 0.15) is 0 Å². The third-order valence-corrected chi connectivity index (χ3v) is 5.49. The summed E-state index contributed by atoms with van der Waals surface area (Å²) in [5.74, 6) is 0.960. The summed E-state index contributed by atoms with van der Waals surface area (Å²) in [6, 6.07) is 0. The van der Waals surface area contributed by atoms with Gasteiger partial charge in [-0.3, -0.25) is 4.90 Å². The highest BCUT2D eigenvalue weighted by atomic mass is 32.2. The Morgan fingerprint density at radius 1 is 1.28 bits per heavy atom. The quantitative estimate of drug-likeness (QED) is 0.749. The van der Waals surface area contributed by atoms with E-state index < -0.39 is 9.84 Å². The fraction of sp³-hybridized carbons (Fsp3) is 1.00. The van der Waals surface area contributed by atoms with Gasteiger partial charge in [-0.25, -0.2) is 8.42 Å². The van der Waals surface area contributed by atoms with Crippen LogP contribution < -0.4 is 5.32 Å². The van der Waals surface area contributed by atoms with Crippen LogP contribution >= 0.6 is 0 Å². The average molecular weight is 276 g/mol. The molecule has 5 nitrogen and oxygen atoms in total. The molecule has 1 N–H and O–H groups in total. The standard InChI is InChI=1S/C12H24N2O3S/c15-18(16,11-12-2-1-3-13-10-12)9-6-14-4-7-17-8-5-14/h12-13H,1-11H2. The van der Waals surface area contributed by atoms with Crippen LogP contribution in [0.25, 0.3) is 0 Å². The summed E-state index contributed by atoms with van der Waals surface area (Å²) in [6.07, 6.45) is 2.15. The van der Waals surface area contributed by atoms with Crippen LogP contribution in [0.4, 0.5) is 0 Å². The second-order valence-corrected chi connectivity index (χ2v) is 7.51. The Morgan fingerprint density at radius 3 is 2.72 bits per heavy atom. The molecule has 2 rings (SSSR count). The molecule has 0 spiro atoms. The normalized spacial score (nSPS) is 27.2. The van der Waals surface area contributed by atoms with Crippen LogP contribution in [0.2, 0.25) is 0 Å². The van der Waals surface area contributed by atoms with E-state index in [9.17, 15) is 8.42 Å². The molecule has 0 bridgehead atoms. The molecule has 2 heterocycles. The van der Waals surface area contributed by atoms with E-state index in [-0.39, 0.29) is 0 Å². The highest BCUT2D eigenvalue weighted by Crippen LogP contribution is 2.13. The van der Waals surface area contributed by atoms with Gasteiger partial charge in [-0.2, -0.15) is 0 Å². The Morgan fingerprint density at radius 2 is 2.06 bits per heavy atom. The zero-order valence-corrected chi connectivity index (χ0v) is 11.8. The molecule has 0 aromatic rings. The Balaban J connectivity index is 1.72. The van der Waals surface area contributed by atoms with Gasteiger partial charge in [0.05, 0.1) is 24.7 Å². The molecule has 1 unspecified atom stereocenters. The number of sulfone groups is 1. The highest BCUT2D eigenvalue weighted by Gasteiger charge is 2.22. The van der Waals surface area contributed by atoms with Crippen LogP contribution in [0.3, 0.4) is 0 Å². The highest BCUT2D eigenvalue weighted by molar-refractivity contribution is 7.91. The van der Waals surface area contributed by atoms with Crippen LogP contribution in [-0.2, 0) is 14.6 Å². The minimum atomic E-state index is -2.90. The molecule has 2 aliphatic rings. The second-order valence-electron chi connectivity index (χ2n) is 5.28. The molecule has 2 saturated heterocycles. The Hall–Kier alpha value is -0.170.